The normalized spacial score (nSPS) is 11.1. The summed E-state index contributed by atoms with van der Waals surface area (Å²) < 4.78 is 31.5. The molecular weight excluding hydrogens is 364 g/mol. The first-order chi connectivity index (χ1) is 12.9. The van der Waals surface area contributed by atoms with E-state index in [4.69, 9.17) is 10.00 Å². The molecule has 7 nitrogen and oxygen atoms in total. The van der Waals surface area contributed by atoms with Crippen LogP contribution in [0.25, 0.3) is 0 Å². The summed E-state index contributed by atoms with van der Waals surface area (Å²) in [6.45, 7) is 3.57. The van der Waals surface area contributed by atoms with E-state index in [2.05, 4.69) is 16.7 Å². The van der Waals surface area contributed by atoms with Gasteiger partial charge in [0.1, 0.15) is 12.4 Å². The van der Waals surface area contributed by atoms with Gasteiger partial charge in [-0.25, -0.2) is 12.7 Å². The molecule has 0 radical (unpaired) electrons. The SMILES string of the molecule is CCNc1ccc(S(=O)(=O)N(C)C)cc1NCCOc1ccc(C#N)cc1. The lowest BCUT2D eigenvalue weighted by Crippen LogP contribution is -2.22. The zero-order chi connectivity index (χ0) is 19.9. The zero-order valence-corrected chi connectivity index (χ0v) is 16.5. The first-order valence-electron chi connectivity index (χ1n) is 8.55. The third kappa shape index (κ3) is 5.36. The van der Waals surface area contributed by atoms with Gasteiger partial charge in [-0.15, -0.1) is 0 Å². The Morgan fingerprint density at radius 3 is 2.37 bits per heavy atom. The highest BCUT2D eigenvalue weighted by molar-refractivity contribution is 7.89. The third-order valence-electron chi connectivity index (χ3n) is 3.81. The Morgan fingerprint density at radius 1 is 1.07 bits per heavy atom. The Morgan fingerprint density at radius 2 is 1.78 bits per heavy atom. The number of anilines is 2. The van der Waals surface area contributed by atoms with E-state index in [-0.39, 0.29) is 4.90 Å². The molecule has 0 fully saturated rings. The molecule has 0 aliphatic heterocycles. The molecule has 0 spiro atoms. The summed E-state index contributed by atoms with van der Waals surface area (Å²) in [5.74, 6) is 0.673. The van der Waals surface area contributed by atoms with Crippen LogP contribution in [0.5, 0.6) is 5.75 Å². The van der Waals surface area contributed by atoms with Crippen molar-refractivity contribution in [3.63, 3.8) is 0 Å². The van der Waals surface area contributed by atoms with Gasteiger partial charge in [0.2, 0.25) is 10.0 Å². The van der Waals surface area contributed by atoms with Crippen molar-refractivity contribution >= 4 is 21.4 Å². The molecule has 2 N–H and O–H groups in total. The van der Waals surface area contributed by atoms with Crippen molar-refractivity contribution < 1.29 is 13.2 Å². The first kappa shape index (κ1) is 20.6. The van der Waals surface area contributed by atoms with Gasteiger partial charge in [0.15, 0.2) is 0 Å². The lowest BCUT2D eigenvalue weighted by molar-refractivity contribution is 0.333. The van der Waals surface area contributed by atoms with Crippen LogP contribution in [-0.2, 0) is 10.0 Å². The molecular formula is C19H24N4O3S. The Kier molecular flexibility index (Phi) is 7.05. The number of nitrogens with zero attached hydrogens (tertiary/aromatic N) is 2. The van der Waals surface area contributed by atoms with Crippen molar-refractivity contribution in [1.29, 1.82) is 5.26 Å². The summed E-state index contributed by atoms with van der Waals surface area (Å²) in [7, 11) is -0.491. The van der Waals surface area contributed by atoms with Crippen LogP contribution in [0, 0.1) is 11.3 Å². The first-order valence-corrected chi connectivity index (χ1v) is 9.99. The number of sulfonamides is 1. The van der Waals surface area contributed by atoms with E-state index in [1.54, 1.807) is 42.5 Å². The van der Waals surface area contributed by atoms with Gasteiger partial charge in [0, 0.05) is 27.2 Å². The van der Waals surface area contributed by atoms with Crippen LogP contribution >= 0.6 is 0 Å². The van der Waals surface area contributed by atoms with E-state index in [0.29, 0.717) is 30.2 Å². The summed E-state index contributed by atoms with van der Waals surface area (Å²) in [4.78, 5) is 0.227. The minimum atomic E-state index is -3.50. The summed E-state index contributed by atoms with van der Waals surface area (Å²) in [6, 6.07) is 13.9. The van der Waals surface area contributed by atoms with Gasteiger partial charge in [-0.2, -0.15) is 5.26 Å². The van der Waals surface area contributed by atoms with E-state index in [1.165, 1.54) is 18.4 Å². The van der Waals surface area contributed by atoms with Crippen LogP contribution in [0.15, 0.2) is 47.4 Å². The van der Waals surface area contributed by atoms with Crippen molar-refractivity contribution in [1.82, 2.24) is 4.31 Å². The smallest absolute Gasteiger partial charge is 0.242 e. The van der Waals surface area contributed by atoms with Gasteiger partial charge in [-0.05, 0) is 49.4 Å². The van der Waals surface area contributed by atoms with Crippen molar-refractivity contribution in [3.05, 3.63) is 48.0 Å². The van der Waals surface area contributed by atoms with Gasteiger partial charge in [0.25, 0.3) is 0 Å². The van der Waals surface area contributed by atoms with Crippen molar-refractivity contribution in [2.24, 2.45) is 0 Å². The van der Waals surface area contributed by atoms with Crippen LogP contribution in [-0.4, -0.2) is 46.5 Å². The van der Waals surface area contributed by atoms with E-state index >= 15 is 0 Å². The van der Waals surface area contributed by atoms with Crippen LogP contribution < -0.4 is 15.4 Å². The monoisotopic (exact) mass is 388 g/mol. The molecule has 2 rings (SSSR count). The Labute approximate surface area is 160 Å². The van der Waals surface area contributed by atoms with Crippen molar-refractivity contribution in [2.45, 2.75) is 11.8 Å². The maximum absolute atomic E-state index is 12.4. The fourth-order valence-electron chi connectivity index (χ4n) is 2.37. The quantitative estimate of drug-likeness (QED) is 0.642. The molecule has 0 bridgehead atoms. The fraction of sp³-hybridized carbons (Fsp3) is 0.316. The molecule has 2 aromatic rings. The average molecular weight is 388 g/mol. The molecule has 8 heteroatoms. The van der Waals surface area contributed by atoms with Crippen LogP contribution in [0.3, 0.4) is 0 Å². The molecule has 0 heterocycles. The highest BCUT2D eigenvalue weighted by Crippen LogP contribution is 2.26. The van der Waals surface area contributed by atoms with E-state index < -0.39 is 10.0 Å². The lowest BCUT2D eigenvalue weighted by atomic mass is 10.2. The largest absolute Gasteiger partial charge is 0.492 e. The number of rotatable bonds is 9. The Bertz CT molecular complexity index is 904. The number of nitrogens with one attached hydrogen (secondary N) is 2. The second-order valence-electron chi connectivity index (χ2n) is 5.94. The average Bonchev–Trinajstić information content (AvgIpc) is 2.66. The van der Waals surface area contributed by atoms with E-state index in [0.717, 1.165) is 12.2 Å². The molecule has 0 atom stereocenters. The van der Waals surface area contributed by atoms with Crippen LogP contribution in [0.4, 0.5) is 11.4 Å². The van der Waals surface area contributed by atoms with Crippen LogP contribution in [0.2, 0.25) is 0 Å². The molecule has 0 saturated carbocycles. The molecule has 0 aromatic heterocycles. The maximum Gasteiger partial charge on any atom is 0.242 e. The molecule has 0 aliphatic rings. The molecule has 0 saturated heterocycles. The predicted octanol–water partition coefficient (Wildman–Crippen LogP) is 2.73. The van der Waals surface area contributed by atoms with Gasteiger partial charge < -0.3 is 15.4 Å². The van der Waals surface area contributed by atoms with Gasteiger partial charge >= 0.3 is 0 Å². The Balaban J connectivity index is 2.05. The lowest BCUT2D eigenvalue weighted by Gasteiger charge is -2.17. The van der Waals surface area contributed by atoms with E-state index in [1.807, 2.05) is 6.92 Å². The number of benzene rings is 2. The van der Waals surface area contributed by atoms with Gasteiger partial charge in [-0.1, -0.05) is 0 Å². The number of hydrogen-bond donors (Lipinski definition) is 2. The molecule has 2 aromatic carbocycles. The molecule has 144 valence electrons. The second kappa shape index (κ2) is 9.26. The number of ether oxygens (including phenoxy) is 1. The summed E-state index contributed by atoms with van der Waals surface area (Å²) in [5.41, 5.74) is 2.10. The van der Waals surface area contributed by atoms with E-state index in [9.17, 15) is 8.42 Å². The van der Waals surface area contributed by atoms with Crippen LogP contribution in [0.1, 0.15) is 12.5 Å². The Hall–Kier alpha value is -2.76. The third-order valence-corrected chi connectivity index (χ3v) is 5.62. The summed E-state index contributed by atoms with van der Waals surface area (Å²) in [6.07, 6.45) is 0. The highest BCUT2D eigenvalue weighted by atomic mass is 32.2. The fourth-order valence-corrected chi connectivity index (χ4v) is 3.29. The van der Waals surface area contributed by atoms with Crippen molar-refractivity contribution in [2.75, 3.05) is 44.4 Å². The number of nitriles is 1. The molecule has 27 heavy (non-hydrogen) atoms. The predicted molar refractivity (Wildman–Crippen MR) is 107 cm³/mol. The minimum absolute atomic E-state index is 0.227. The standard InChI is InChI=1S/C19H24N4O3S/c1-4-21-18-10-9-17(27(24,25)23(2)3)13-19(18)22-11-12-26-16-7-5-15(14-20)6-8-16/h5-10,13,21-22H,4,11-12H2,1-3H3. The molecule has 0 amide bonds. The molecule has 0 unspecified atom stereocenters. The van der Waals surface area contributed by atoms with Gasteiger partial charge in [-0.3, -0.25) is 0 Å². The zero-order valence-electron chi connectivity index (χ0n) is 15.7. The van der Waals surface area contributed by atoms with Gasteiger partial charge in [0.05, 0.1) is 27.9 Å². The summed E-state index contributed by atoms with van der Waals surface area (Å²) >= 11 is 0. The van der Waals surface area contributed by atoms with Crippen molar-refractivity contribution in [3.8, 4) is 11.8 Å². The maximum atomic E-state index is 12.4. The minimum Gasteiger partial charge on any atom is -0.492 e. The second-order valence-corrected chi connectivity index (χ2v) is 8.09. The molecule has 0 aliphatic carbocycles. The summed E-state index contributed by atoms with van der Waals surface area (Å²) in [5, 5.41) is 15.2. The highest BCUT2D eigenvalue weighted by Gasteiger charge is 2.18. The number of hydrogen-bond acceptors (Lipinski definition) is 6. The topological polar surface area (TPSA) is 94.5 Å².